The molecule has 0 spiro atoms. The first-order valence-electron chi connectivity index (χ1n) is 9.35. The van der Waals surface area contributed by atoms with Crippen molar-refractivity contribution in [1.82, 2.24) is 10.3 Å². The predicted octanol–water partition coefficient (Wildman–Crippen LogP) is 4.27. The fourth-order valence-electron chi connectivity index (χ4n) is 2.89. The van der Waals surface area contributed by atoms with E-state index in [0.29, 0.717) is 6.61 Å². The van der Waals surface area contributed by atoms with E-state index in [1.807, 2.05) is 25.3 Å². The van der Waals surface area contributed by atoms with Crippen molar-refractivity contribution in [2.75, 3.05) is 6.61 Å². The molecule has 1 aromatic heterocycles. The zero-order valence-electron chi connectivity index (χ0n) is 17.1. The molecule has 1 amide bonds. The van der Waals surface area contributed by atoms with E-state index in [4.69, 9.17) is 16.6 Å². The molecule has 4 nitrogen and oxygen atoms in total. The highest BCUT2D eigenvalue weighted by molar-refractivity contribution is 7.80. The molecule has 144 valence electrons. The molecule has 1 aliphatic heterocycles. The van der Waals surface area contributed by atoms with Gasteiger partial charge in [-0.3, -0.25) is 9.78 Å². The summed E-state index contributed by atoms with van der Waals surface area (Å²) in [6.07, 6.45) is 2.58. The smallest absolute Gasteiger partial charge is 0.225 e. The van der Waals surface area contributed by atoms with Crippen LogP contribution >= 0.6 is 12.2 Å². The average Bonchev–Trinajstić information content (AvgIpc) is 2.54. The second-order valence-corrected chi connectivity index (χ2v) is 14.2. The minimum absolute atomic E-state index is 0.0295. The van der Waals surface area contributed by atoms with E-state index in [1.54, 1.807) is 0 Å². The Hall–Kier alpha value is -1.11. The van der Waals surface area contributed by atoms with E-state index < -0.39 is 8.32 Å². The maximum Gasteiger partial charge on any atom is 0.225 e. The van der Waals surface area contributed by atoms with E-state index in [0.717, 1.165) is 22.5 Å². The van der Waals surface area contributed by atoms with Gasteiger partial charge in [-0.25, -0.2) is 0 Å². The van der Waals surface area contributed by atoms with Crippen molar-refractivity contribution in [3.63, 3.8) is 0 Å². The van der Waals surface area contributed by atoms with Crippen molar-refractivity contribution in [3.8, 4) is 0 Å². The molecule has 1 N–H and O–H groups in total. The Labute approximate surface area is 164 Å². The molecule has 2 heterocycles. The number of pyridine rings is 1. The van der Waals surface area contributed by atoms with E-state index in [9.17, 15) is 4.79 Å². The average molecular weight is 393 g/mol. The van der Waals surface area contributed by atoms with Crippen LogP contribution in [0, 0.1) is 18.8 Å². The van der Waals surface area contributed by atoms with Gasteiger partial charge in [-0.1, -0.05) is 46.0 Å². The number of nitrogens with zero attached hydrogens (tertiary/aromatic N) is 1. The van der Waals surface area contributed by atoms with E-state index in [1.165, 1.54) is 0 Å². The van der Waals surface area contributed by atoms with Gasteiger partial charge in [0.25, 0.3) is 0 Å². The summed E-state index contributed by atoms with van der Waals surface area (Å²) < 4.78 is 6.25. The topological polar surface area (TPSA) is 51.2 Å². The quantitative estimate of drug-likeness (QED) is 0.326. The Morgan fingerprint density at radius 1 is 1.38 bits per heavy atom. The fraction of sp³-hybridized carbons (Fsp3) is 0.650. The Kier molecular flexibility index (Phi) is 6.41. The number of β-lactam (4-membered cyclic amide) rings is 1. The summed E-state index contributed by atoms with van der Waals surface area (Å²) in [4.78, 5) is 17.3. The van der Waals surface area contributed by atoms with Crippen molar-refractivity contribution in [1.29, 1.82) is 0 Å². The summed E-state index contributed by atoms with van der Waals surface area (Å²) in [5.74, 6) is 0.161. The van der Waals surface area contributed by atoms with Crippen molar-refractivity contribution in [3.05, 3.63) is 29.6 Å². The Morgan fingerprint density at radius 2 is 2.04 bits per heavy atom. The molecule has 3 atom stereocenters. The van der Waals surface area contributed by atoms with Crippen LogP contribution in [-0.4, -0.2) is 36.7 Å². The lowest BCUT2D eigenvalue weighted by Gasteiger charge is -2.42. The molecule has 0 bridgehead atoms. The van der Waals surface area contributed by atoms with Gasteiger partial charge in [0.2, 0.25) is 5.91 Å². The first-order valence-corrected chi connectivity index (χ1v) is 12.7. The van der Waals surface area contributed by atoms with Crippen LogP contribution < -0.4 is 5.32 Å². The summed E-state index contributed by atoms with van der Waals surface area (Å²) in [7, 11) is -1.78. The second kappa shape index (κ2) is 7.86. The highest BCUT2D eigenvalue weighted by Gasteiger charge is 2.44. The lowest BCUT2D eigenvalue weighted by Crippen LogP contribution is -2.62. The molecule has 6 heteroatoms. The third-order valence-electron chi connectivity index (χ3n) is 5.89. The van der Waals surface area contributed by atoms with Gasteiger partial charge in [0.05, 0.1) is 11.6 Å². The number of carbonyl (C=O) groups excluding carboxylic acids is 1. The van der Waals surface area contributed by atoms with Crippen molar-refractivity contribution in [2.45, 2.75) is 65.2 Å². The number of hydrogen-bond donors (Lipinski definition) is 1. The molecule has 0 radical (unpaired) electrons. The van der Waals surface area contributed by atoms with Gasteiger partial charge in [0.1, 0.15) is 0 Å². The predicted molar refractivity (Wildman–Crippen MR) is 113 cm³/mol. The summed E-state index contributed by atoms with van der Waals surface area (Å²) in [5, 5.41) is 3.21. The normalized spacial score (nSPS) is 21.7. The van der Waals surface area contributed by atoms with Gasteiger partial charge in [0.15, 0.2) is 8.32 Å². The van der Waals surface area contributed by atoms with E-state index >= 15 is 0 Å². The van der Waals surface area contributed by atoms with Crippen LogP contribution in [0.25, 0.3) is 0 Å². The summed E-state index contributed by atoms with van der Waals surface area (Å²) >= 11 is 5.64. The van der Waals surface area contributed by atoms with Crippen molar-refractivity contribution < 1.29 is 9.22 Å². The van der Waals surface area contributed by atoms with Crippen molar-refractivity contribution >= 4 is 31.3 Å². The fourth-order valence-corrected chi connectivity index (χ4v) is 4.22. The second-order valence-electron chi connectivity index (χ2n) is 8.91. The molecule has 0 saturated carbocycles. The van der Waals surface area contributed by atoms with Crippen LogP contribution in [0.15, 0.2) is 18.3 Å². The number of aromatic nitrogens is 1. The summed E-state index contributed by atoms with van der Waals surface area (Å²) in [5.41, 5.74) is 1.94. The number of carbonyl (C=O) groups is 1. The van der Waals surface area contributed by atoms with Gasteiger partial charge in [0, 0.05) is 29.6 Å². The molecule has 0 aliphatic carbocycles. The number of hydrogen-bond acceptors (Lipinski definition) is 4. The SMILES string of the molecule is Cc1ccc(C(=S)[C@H](C)[C@H]2NC(=O)[C@H]2CCO[Si](C)(C)C(C)(C)C)nc1. The van der Waals surface area contributed by atoms with Gasteiger partial charge >= 0.3 is 0 Å². The highest BCUT2D eigenvalue weighted by Crippen LogP contribution is 2.37. The largest absolute Gasteiger partial charge is 0.417 e. The molecule has 0 aromatic carbocycles. The Bertz CT molecular complexity index is 667. The first-order chi connectivity index (χ1) is 11.9. The minimum Gasteiger partial charge on any atom is -0.417 e. The van der Waals surface area contributed by atoms with Gasteiger partial charge in [-0.05, 0) is 43.1 Å². The van der Waals surface area contributed by atoms with Crippen LogP contribution in [0.3, 0.4) is 0 Å². The molecule has 0 unspecified atom stereocenters. The van der Waals surface area contributed by atoms with E-state index in [-0.39, 0.29) is 28.8 Å². The zero-order chi connectivity index (χ0) is 19.7. The molecule has 26 heavy (non-hydrogen) atoms. The van der Waals surface area contributed by atoms with E-state index in [2.05, 4.69) is 51.1 Å². The third-order valence-corrected chi connectivity index (χ3v) is 11.0. The van der Waals surface area contributed by atoms with Gasteiger partial charge < -0.3 is 9.74 Å². The van der Waals surface area contributed by atoms with Crippen LogP contribution in [0.5, 0.6) is 0 Å². The van der Waals surface area contributed by atoms with Crippen LogP contribution in [-0.2, 0) is 9.22 Å². The highest BCUT2D eigenvalue weighted by atomic mass is 32.1. The summed E-state index contributed by atoms with van der Waals surface area (Å²) in [6, 6.07) is 4.05. The lowest BCUT2D eigenvalue weighted by molar-refractivity contribution is -0.136. The first kappa shape index (κ1) is 21.2. The summed E-state index contributed by atoms with van der Waals surface area (Å²) in [6.45, 7) is 15.9. The molecule has 1 fully saturated rings. The molecular weight excluding hydrogens is 360 g/mol. The maximum absolute atomic E-state index is 12.1. The van der Waals surface area contributed by atoms with Crippen molar-refractivity contribution in [2.24, 2.45) is 11.8 Å². The van der Waals surface area contributed by atoms with Gasteiger partial charge in [-0.15, -0.1) is 0 Å². The molecule has 2 rings (SSSR count). The van der Waals surface area contributed by atoms with Crippen LogP contribution in [0.2, 0.25) is 18.1 Å². The lowest BCUT2D eigenvalue weighted by atomic mass is 9.78. The number of amides is 1. The third kappa shape index (κ3) is 4.59. The molecule has 1 aliphatic rings. The molecule has 1 aromatic rings. The Balaban J connectivity index is 1.95. The monoisotopic (exact) mass is 392 g/mol. The number of nitrogens with one attached hydrogen (secondary N) is 1. The number of rotatable bonds is 7. The van der Waals surface area contributed by atoms with Gasteiger partial charge in [-0.2, -0.15) is 0 Å². The zero-order valence-corrected chi connectivity index (χ0v) is 18.9. The molecule has 1 saturated heterocycles. The number of aryl methyl sites for hydroxylation is 1. The van der Waals surface area contributed by atoms with Crippen LogP contribution in [0.4, 0.5) is 0 Å². The van der Waals surface area contributed by atoms with Crippen LogP contribution in [0.1, 0.15) is 45.4 Å². The Morgan fingerprint density at radius 3 is 2.54 bits per heavy atom. The standard InChI is InChI=1S/C20H32N2O2SSi/c1-13-8-9-16(21-12-13)18(25)14(2)17-15(19(23)22-17)10-11-24-26(6,7)20(3,4)5/h8-9,12,14-15,17H,10-11H2,1-7H3,(H,22,23)/t14-,15+,17-/m1/s1. The maximum atomic E-state index is 12.1. The number of thiocarbonyl (C=S) groups is 1. The minimum atomic E-state index is -1.78. The molecular formula is C20H32N2O2SSi.